The molecule has 0 radical (unpaired) electrons. The van der Waals surface area contributed by atoms with Crippen molar-refractivity contribution in [2.75, 3.05) is 32.3 Å². The number of nitrogens with zero attached hydrogens (tertiary/aromatic N) is 2. The number of anilines is 2. The molecule has 0 spiro atoms. The van der Waals surface area contributed by atoms with Gasteiger partial charge in [-0.15, -0.1) is 0 Å². The maximum absolute atomic E-state index is 10.6. The van der Waals surface area contributed by atoms with Crippen LogP contribution in [0.4, 0.5) is 11.8 Å². The van der Waals surface area contributed by atoms with Crippen molar-refractivity contribution in [3.63, 3.8) is 0 Å². The third-order valence-corrected chi connectivity index (χ3v) is 3.86. The largest absolute Gasteiger partial charge is 0.493 e. The van der Waals surface area contributed by atoms with Gasteiger partial charge in [0.15, 0.2) is 11.5 Å². The normalized spacial score (nSPS) is 10.4. The molecule has 0 fully saturated rings. The maximum Gasteiger partial charge on any atom is 0.303 e. The van der Waals surface area contributed by atoms with Crippen LogP contribution in [0.15, 0.2) is 18.3 Å². The number of hydrogen-bond donors (Lipinski definition) is 3. The van der Waals surface area contributed by atoms with Crippen LogP contribution in [0.2, 0.25) is 0 Å². The molecule has 0 aliphatic rings. The van der Waals surface area contributed by atoms with Crippen molar-refractivity contribution >= 4 is 17.7 Å². The number of aromatic nitrogens is 2. The van der Waals surface area contributed by atoms with E-state index in [4.69, 9.17) is 30.8 Å². The zero-order valence-electron chi connectivity index (χ0n) is 15.4. The van der Waals surface area contributed by atoms with Gasteiger partial charge >= 0.3 is 5.97 Å². The summed E-state index contributed by atoms with van der Waals surface area (Å²) in [6.07, 6.45) is 3.30. The molecule has 0 unspecified atom stereocenters. The first-order valence-electron chi connectivity index (χ1n) is 8.41. The summed E-state index contributed by atoms with van der Waals surface area (Å²) in [5.74, 6) is 1.12. The number of carboxylic acids is 1. The molecule has 27 heavy (non-hydrogen) atoms. The lowest BCUT2D eigenvalue weighted by Gasteiger charge is -2.16. The molecule has 9 heteroatoms. The highest BCUT2D eigenvalue weighted by atomic mass is 16.5. The third-order valence-electron chi connectivity index (χ3n) is 3.86. The molecule has 0 bridgehead atoms. The van der Waals surface area contributed by atoms with Crippen LogP contribution < -0.4 is 25.7 Å². The molecule has 9 nitrogen and oxygen atoms in total. The van der Waals surface area contributed by atoms with E-state index in [1.807, 2.05) is 12.1 Å². The minimum Gasteiger partial charge on any atom is -0.493 e. The number of rotatable bonds is 10. The lowest BCUT2D eigenvalue weighted by Crippen LogP contribution is -2.05. The molecular weight excluding hydrogens is 352 g/mol. The van der Waals surface area contributed by atoms with Crippen LogP contribution in [-0.4, -0.2) is 41.9 Å². The van der Waals surface area contributed by atoms with Gasteiger partial charge in [-0.25, -0.2) is 4.98 Å². The van der Waals surface area contributed by atoms with Gasteiger partial charge in [0.05, 0.1) is 20.8 Å². The van der Waals surface area contributed by atoms with Crippen LogP contribution in [0.5, 0.6) is 17.2 Å². The highest BCUT2D eigenvalue weighted by Crippen LogP contribution is 2.39. The molecule has 0 atom stereocenters. The topological polar surface area (TPSA) is 143 Å². The van der Waals surface area contributed by atoms with Crippen molar-refractivity contribution in [1.29, 1.82) is 0 Å². The first-order valence-corrected chi connectivity index (χ1v) is 8.41. The Hall–Kier alpha value is -3.23. The van der Waals surface area contributed by atoms with E-state index in [9.17, 15) is 4.79 Å². The molecule has 0 aliphatic carbocycles. The maximum atomic E-state index is 10.6. The van der Waals surface area contributed by atoms with Crippen molar-refractivity contribution in [3.05, 3.63) is 29.5 Å². The van der Waals surface area contributed by atoms with Crippen molar-refractivity contribution in [2.24, 2.45) is 0 Å². The SMILES string of the molecule is COc1cc(Cc2cnc(N)nc2N)cc(OCCCCC(=O)O)c1OC. The van der Waals surface area contributed by atoms with E-state index < -0.39 is 5.97 Å². The molecule has 0 aliphatic heterocycles. The standard InChI is InChI=1S/C18H24N4O5/c1-25-13-8-11(7-12-10-21-18(20)22-17(12)19)9-14(16(13)26-2)27-6-4-3-5-15(23)24/h8-10H,3-7H2,1-2H3,(H,23,24)(H4,19,20,21,22). The van der Waals surface area contributed by atoms with E-state index in [-0.39, 0.29) is 12.4 Å². The molecule has 2 rings (SSSR count). The Kier molecular flexibility index (Phi) is 7.04. The van der Waals surface area contributed by atoms with Crippen molar-refractivity contribution in [2.45, 2.75) is 25.7 Å². The minimum atomic E-state index is -0.820. The first-order chi connectivity index (χ1) is 12.9. The fourth-order valence-electron chi connectivity index (χ4n) is 2.54. The third kappa shape index (κ3) is 5.63. The number of nitrogens with two attached hydrogens (primary N) is 2. The van der Waals surface area contributed by atoms with E-state index in [1.54, 1.807) is 13.3 Å². The molecule has 1 aromatic heterocycles. The van der Waals surface area contributed by atoms with Crippen LogP contribution in [0.25, 0.3) is 0 Å². The van der Waals surface area contributed by atoms with Gasteiger partial charge in [-0.2, -0.15) is 4.98 Å². The van der Waals surface area contributed by atoms with Gasteiger partial charge in [-0.3, -0.25) is 4.79 Å². The molecule has 0 amide bonds. The van der Waals surface area contributed by atoms with E-state index in [0.717, 1.165) is 11.1 Å². The van der Waals surface area contributed by atoms with Gasteiger partial charge < -0.3 is 30.8 Å². The smallest absolute Gasteiger partial charge is 0.303 e. The number of aliphatic carboxylic acids is 1. The van der Waals surface area contributed by atoms with Crippen molar-refractivity contribution in [3.8, 4) is 17.2 Å². The van der Waals surface area contributed by atoms with Crippen molar-refractivity contribution in [1.82, 2.24) is 9.97 Å². The summed E-state index contributed by atoms with van der Waals surface area (Å²) in [5.41, 5.74) is 13.0. The van der Waals surface area contributed by atoms with E-state index in [1.165, 1.54) is 7.11 Å². The van der Waals surface area contributed by atoms with Gasteiger partial charge in [0.1, 0.15) is 5.82 Å². The van der Waals surface area contributed by atoms with Crippen LogP contribution in [-0.2, 0) is 11.2 Å². The van der Waals surface area contributed by atoms with E-state index in [0.29, 0.717) is 48.9 Å². The van der Waals surface area contributed by atoms with E-state index in [2.05, 4.69) is 9.97 Å². The lowest BCUT2D eigenvalue weighted by molar-refractivity contribution is -0.137. The van der Waals surface area contributed by atoms with E-state index >= 15 is 0 Å². The van der Waals surface area contributed by atoms with Gasteiger partial charge in [0, 0.05) is 24.6 Å². The minimum absolute atomic E-state index is 0.111. The molecule has 0 saturated heterocycles. The van der Waals surface area contributed by atoms with Gasteiger partial charge in [0.25, 0.3) is 0 Å². The Labute approximate surface area is 157 Å². The molecule has 0 saturated carbocycles. The van der Waals surface area contributed by atoms with Gasteiger partial charge in [0.2, 0.25) is 11.7 Å². The monoisotopic (exact) mass is 376 g/mol. The van der Waals surface area contributed by atoms with Crippen LogP contribution in [0, 0.1) is 0 Å². The molecule has 1 aromatic carbocycles. The van der Waals surface area contributed by atoms with Gasteiger partial charge in [-0.1, -0.05) is 0 Å². The highest BCUT2D eigenvalue weighted by molar-refractivity contribution is 5.66. The number of hydrogen-bond acceptors (Lipinski definition) is 8. The summed E-state index contributed by atoms with van der Waals surface area (Å²) < 4.78 is 16.6. The molecule has 2 aromatic rings. The Morgan fingerprint density at radius 2 is 1.89 bits per heavy atom. The number of methoxy groups -OCH3 is 2. The van der Waals surface area contributed by atoms with Crippen LogP contribution in [0.1, 0.15) is 30.4 Å². The predicted octanol–water partition coefficient (Wildman–Crippen LogP) is 1.88. The Balaban J connectivity index is 2.19. The first kappa shape index (κ1) is 20.1. The Morgan fingerprint density at radius 3 is 2.52 bits per heavy atom. The number of unbranched alkanes of at least 4 members (excludes halogenated alkanes) is 1. The van der Waals surface area contributed by atoms with Crippen LogP contribution >= 0.6 is 0 Å². The number of benzene rings is 1. The summed E-state index contributed by atoms with van der Waals surface area (Å²) in [5, 5.41) is 8.69. The van der Waals surface area contributed by atoms with Gasteiger partial charge in [-0.05, 0) is 30.5 Å². The zero-order chi connectivity index (χ0) is 19.8. The highest BCUT2D eigenvalue weighted by Gasteiger charge is 2.15. The average Bonchev–Trinajstić information content (AvgIpc) is 2.63. The number of carboxylic acid groups (broad SMARTS) is 1. The molecular formula is C18H24N4O5. The predicted molar refractivity (Wildman–Crippen MR) is 100 cm³/mol. The second kappa shape index (κ2) is 9.46. The van der Waals surface area contributed by atoms with Crippen LogP contribution in [0.3, 0.4) is 0 Å². The summed E-state index contributed by atoms with van der Waals surface area (Å²) in [6.45, 7) is 0.364. The summed E-state index contributed by atoms with van der Waals surface area (Å²) in [7, 11) is 3.07. The Bertz CT molecular complexity index is 798. The second-order valence-electron chi connectivity index (χ2n) is 5.84. The second-order valence-corrected chi connectivity index (χ2v) is 5.84. The lowest BCUT2D eigenvalue weighted by atomic mass is 10.1. The number of nitrogen functional groups attached to an aromatic ring is 2. The number of carbonyl (C=O) groups is 1. The fraction of sp³-hybridized carbons (Fsp3) is 0.389. The number of ether oxygens (including phenoxy) is 3. The summed E-state index contributed by atoms with van der Waals surface area (Å²) in [6, 6.07) is 3.65. The van der Waals surface area contributed by atoms with Crippen molar-refractivity contribution < 1.29 is 24.1 Å². The fourth-order valence-corrected chi connectivity index (χ4v) is 2.54. The molecule has 146 valence electrons. The Morgan fingerprint density at radius 1 is 1.15 bits per heavy atom. The zero-order valence-corrected chi connectivity index (χ0v) is 15.4. The molecule has 5 N–H and O–H groups in total. The summed E-state index contributed by atoms with van der Waals surface area (Å²) >= 11 is 0. The summed E-state index contributed by atoms with van der Waals surface area (Å²) in [4.78, 5) is 18.5. The molecule has 1 heterocycles. The average molecular weight is 376 g/mol. The quantitative estimate of drug-likeness (QED) is 0.529.